The van der Waals surface area contributed by atoms with Crippen molar-refractivity contribution in [3.63, 3.8) is 0 Å². The van der Waals surface area contributed by atoms with E-state index in [1.807, 2.05) is 0 Å². The van der Waals surface area contributed by atoms with Crippen molar-refractivity contribution in [1.82, 2.24) is 10.2 Å². The van der Waals surface area contributed by atoms with Gasteiger partial charge in [-0.3, -0.25) is 4.79 Å². The molecule has 1 saturated heterocycles. The maximum absolute atomic E-state index is 13.6. The Morgan fingerprint density at radius 1 is 1.20 bits per heavy atom. The van der Waals surface area contributed by atoms with Crippen molar-refractivity contribution in [2.75, 3.05) is 25.9 Å². The van der Waals surface area contributed by atoms with Crippen molar-refractivity contribution >= 4 is 15.7 Å². The van der Waals surface area contributed by atoms with E-state index < -0.39 is 9.84 Å². The van der Waals surface area contributed by atoms with E-state index in [1.165, 1.54) is 24.3 Å². The summed E-state index contributed by atoms with van der Waals surface area (Å²) in [5.74, 6) is -0.615. The largest absolute Gasteiger partial charge is 0.329 e. The second-order valence-corrected chi connectivity index (χ2v) is 8.09. The quantitative estimate of drug-likeness (QED) is 0.907. The highest BCUT2D eigenvalue weighted by molar-refractivity contribution is 7.90. The molecule has 0 bridgehead atoms. The standard InChI is InChI=1S/C18H19FN2O3S/c1-25(23,24)16-7-3-5-14(11-16)18(22)21-9-8-20-12-17(21)13-4-2-6-15(19)10-13/h2-7,10-11,17,20H,8-9,12H2,1H3. The van der Waals surface area contributed by atoms with E-state index in [9.17, 15) is 17.6 Å². The second kappa shape index (κ2) is 6.93. The SMILES string of the molecule is CS(=O)(=O)c1cccc(C(=O)N2CCNCC2c2cccc(F)c2)c1. The number of nitrogens with one attached hydrogen (secondary N) is 1. The summed E-state index contributed by atoms with van der Waals surface area (Å²) in [5, 5.41) is 3.21. The molecule has 7 heteroatoms. The monoisotopic (exact) mass is 362 g/mol. The highest BCUT2D eigenvalue weighted by Crippen LogP contribution is 2.25. The molecule has 132 valence electrons. The molecular weight excluding hydrogens is 343 g/mol. The summed E-state index contributed by atoms with van der Waals surface area (Å²) in [7, 11) is -3.39. The van der Waals surface area contributed by atoms with Crippen LogP contribution in [0.2, 0.25) is 0 Å². The van der Waals surface area contributed by atoms with Crippen molar-refractivity contribution in [2.24, 2.45) is 0 Å². The number of benzene rings is 2. The minimum Gasteiger partial charge on any atom is -0.329 e. The molecule has 0 spiro atoms. The Morgan fingerprint density at radius 2 is 1.96 bits per heavy atom. The third-order valence-electron chi connectivity index (χ3n) is 4.25. The van der Waals surface area contributed by atoms with Crippen molar-refractivity contribution in [2.45, 2.75) is 10.9 Å². The van der Waals surface area contributed by atoms with E-state index in [0.29, 0.717) is 30.8 Å². The Balaban J connectivity index is 1.94. The average molecular weight is 362 g/mol. The molecule has 1 fully saturated rings. The first-order chi connectivity index (χ1) is 11.9. The second-order valence-electron chi connectivity index (χ2n) is 6.07. The van der Waals surface area contributed by atoms with Crippen LogP contribution < -0.4 is 5.32 Å². The highest BCUT2D eigenvalue weighted by atomic mass is 32.2. The lowest BCUT2D eigenvalue weighted by Gasteiger charge is -2.36. The number of piperazine rings is 1. The number of rotatable bonds is 3. The third-order valence-corrected chi connectivity index (χ3v) is 5.36. The molecule has 0 aromatic heterocycles. The Kier molecular flexibility index (Phi) is 4.87. The number of nitrogens with zero attached hydrogens (tertiary/aromatic N) is 1. The third kappa shape index (κ3) is 3.88. The van der Waals surface area contributed by atoms with Crippen LogP contribution in [-0.2, 0) is 9.84 Å². The fourth-order valence-corrected chi connectivity index (χ4v) is 3.65. The number of sulfone groups is 1. The van der Waals surface area contributed by atoms with Crippen molar-refractivity contribution < 1.29 is 17.6 Å². The number of amides is 1. The predicted octanol–water partition coefficient (Wildman–Crippen LogP) is 2.02. The van der Waals surface area contributed by atoms with E-state index >= 15 is 0 Å². The lowest BCUT2D eigenvalue weighted by Crippen LogP contribution is -2.48. The summed E-state index contributed by atoms with van der Waals surface area (Å²) in [6.45, 7) is 1.60. The fraction of sp³-hybridized carbons (Fsp3) is 0.278. The number of hydrogen-bond acceptors (Lipinski definition) is 4. The minimum atomic E-state index is -3.39. The summed E-state index contributed by atoms with van der Waals surface area (Å²) in [6.07, 6.45) is 1.11. The van der Waals surface area contributed by atoms with E-state index in [4.69, 9.17) is 0 Å². The average Bonchev–Trinajstić information content (AvgIpc) is 2.60. The number of halogens is 1. The highest BCUT2D eigenvalue weighted by Gasteiger charge is 2.29. The maximum Gasteiger partial charge on any atom is 0.254 e. The zero-order valence-corrected chi connectivity index (χ0v) is 14.6. The molecule has 2 aromatic rings. The van der Waals surface area contributed by atoms with Gasteiger partial charge in [-0.1, -0.05) is 18.2 Å². The molecule has 1 amide bonds. The molecule has 1 atom stereocenters. The normalized spacial score (nSPS) is 18.2. The minimum absolute atomic E-state index is 0.107. The van der Waals surface area contributed by atoms with Gasteiger partial charge in [-0.05, 0) is 35.9 Å². The van der Waals surface area contributed by atoms with Gasteiger partial charge in [0, 0.05) is 31.5 Å². The van der Waals surface area contributed by atoms with Crippen molar-refractivity contribution in [3.05, 3.63) is 65.5 Å². The fourth-order valence-electron chi connectivity index (χ4n) is 2.98. The van der Waals surface area contributed by atoms with Crippen molar-refractivity contribution in [1.29, 1.82) is 0 Å². The molecule has 2 aromatic carbocycles. The van der Waals surface area contributed by atoms with Gasteiger partial charge in [-0.2, -0.15) is 0 Å². The Morgan fingerprint density at radius 3 is 2.68 bits per heavy atom. The number of carbonyl (C=O) groups excluding carboxylic acids is 1. The first-order valence-electron chi connectivity index (χ1n) is 7.93. The molecule has 1 heterocycles. The molecule has 1 N–H and O–H groups in total. The first-order valence-corrected chi connectivity index (χ1v) is 9.83. The number of carbonyl (C=O) groups is 1. The lowest BCUT2D eigenvalue weighted by atomic mass is 10.0. The van der Waals surface area contributed by atoms with E-state index in [1.54, 1.807) is 29.2 Å². The van der Waals surface area contributed by atoms with Gasteiger partial charge in [0.1, 0.15) is 5.82 Å². The predicted molar refractivity (Wildman–Crippen MR) is 92.6 cm³/mol. The van der Waals surface area contributed by atoms with Gasteiger partial charge < -0.3 is 10.2 Å². The lowest BCUT2D eigenvalue weighted by molar-refractivity contribution is 0.0633. The number of hydrogen-bond donors (Lipinski definition) is 1. The summed E-state index contributed by atoms with van der Waals surface area (Å²) < 4.78 is 37.0. The summed E-state index contributed by atoms with van der Waals surface area (Å²) in [4.78, 5) is 14.7. The molecule has 5 nitrogen and oxygen atoms in total. The van der Waals surface area contributed by atoms with E-state index in [0.717, 1.165) is 6.26 Å². The van der Waals surface area contributed by atoms with Crippen LogP contribution in [0.4, 0.5) is 4.39 Å². The maximum atomic E-state index is 13.6. The molecule has 0 radical (unpaired) electrons. The van der Waals surface area contributed by atoms with Crippen LogP contribution in [0.15, 0.2) is 53.4 Å². The van der Waals surface area contributed by atoms with Crippen molar-refractivity contribution in [3.8, 4) is 0 Å². The van der Waals surface area contributed by atoms with Gasteiger partial charge in [0.2, 0.25) is 0 Å². The van der Waals surface area contributed by atoms with Gasteiger partial charge in [0.25, 0.3) is 5.91 Å². The van der Waals surface area contributed by atoms with E-state index in [2.05, 4.69) is 5.32 Å². The molecule has 3 rings (SSSR count). The summed E-state index contributed by atoms with van der Waals surface area (Å²) in [5.41, 5.74) is 1.02. The molecule has 0 aliphatic carbocycles. The molecule has 25 heavy (non-hydrogen) atoms. The van der Waals surface area contributed by atoms with Crippen LogP contribution in [0.5, 0.6) is 0 Å². The topological polar surface area (TPSA) is 66.5 Å². The molecule has 0 saturated carbocycles. The van der Waals surface area contributed by atoms with Crippen LogP contribution in [0.25, 0.3) is 0 Å². The van der Waals surface area contributed by atoms with Crippen LogP contribution in [-0.4, -0.2) is 45.1 Å². The zero-order valence-electron chi connectivity index (χ0n) is 13.8. The van der Waals surface area contributed by atoms with Gasteiger partial charge in [0.05, 0.1) is 10.9 Å². The Hall–Kier alpha value is -2.25. The summed E-state index contributed by atoms with van der Waals surface area (Å²) in [6, 6.07) is 11.9. The first kappa shape index (κ1) is 17.6. The molecular formula is C18H19FN2O3S. The molecule has 1 aliphatic rings. The van der Waals surface area contributed by atoms with Gasteiger partial charge in [-0.15, -0.1) is 0 Å². The van der Waals surface area contributed by atoms with Gasteiger partial charge in [0.15, 0.2) is 9.84 Å². The Labute approximate surface area is 146 Å². The van der Waals surface area contributed by atoms with Gasteiger partial charge >= 0.3 is 0 Å². The van der Waals surface area contributed by atoms with Crippen LogP contribution in [0.3, 0.4) is 0 Å². The molecule has 1 aliphatic heterocycles. The van der Waals surface area contributed by atoms with E-state index in [-0.39, 0.29) is 22.7 Å². The van der Waals surface area contributed by atoms with Gasteiger partial charge in [-0.25, -0.2) is 12.8 Å². The zero-order chi connectivity index (χ0) is 18.0. The van der Waals surface area contributed by atoms with Crippen LogP contribution in [0.1, 0.15) is 22.0 Å². The smallest absolute Gasteiger partial charge is 0.254 e. The molecule has 1 unspecified atom stereocenters. The van der Waals surface area contributed by atoms with Crippen LogP contribution in [0, 0.1) is 5.82 Å². The summed E-state index contributed by atoms with van der Waals surface area (Å²) >= 11 is 0. The Bertz CT molecular complexity index is 899. The van der Waals surface area contributed by atoms with Crippen LogP contribution >= 0.6 is 0 Å².